The molecule has 6 heteroatoms. The Morgan fingerprint density at radius 1 is 0.415 bits per heavy atom. The Labute approximate surface area is 307 Å². The molecular formula is C47H31N4OP. The van der Waals surface area contributed by atoms with Crippen LogP contribution in [0.1, 0.15) is 0 Å². The number of benzene rings is 7. The Morgan fingerprint density at radius 3 is 1.47 bits per heavy atom. The maximum absolute atomic E-state index is 15.9. The van der Waals surface area contributed by atoms with Gasteiger partial charge in [0.05, 0.1) is 11.2 Å². The second kappa shape index (κ2) is 12.5. The van der Waals surface area contributed by atoms with Gasteiger partial charge in [0, 0.05) is 54.8 Å². The molecule has 0 saturated heterocycles. The number of hydrogen-bond donors (Lipinski definition) is 0. The monoisotopic (exact) mass is 698 g/mol. The van der Waals surface area contributed by atoms with Gasteiger partial charge in [-0.1, -0.05) is 158 Å². The van der Waals surface area contributed by atoms with Gasteiger partial charge in [-0.05, 0) is 35.9 Å². The van der Waals surface area contributed by atoms with E-state index in [-0.39, 0.29) is 0 Å². The van der Waals surface area contributed by atoms with E-state index in [0.717, 1.165) is 71.6 Å². The minimum atomic E-state index is -3.27. The molecule has 0 fully saturated rings. The highest BCUT2D eigenvalue weighted by molar-refractivity contribution is 7.85. The zero-order chi connectivity index (χ0) is 35.4. The third kappa shape index (κ3) is 5.01. The standard InChI is InChI=1S/C47H31N4OP/c52-53(36-20-8-3-9-21-36)41-26-14-11-23-38(41)43-37-22-10-13-25-40(37)51(44(43)39-24-12-15-27-42(39)53)35-30-28-34(29-31-35)47-49-45(32-16-4-1-5-17-32)48-46(50-47)33-18-6-2-7-19-33/h1-31H. The number of rotatable bonds is 5. The number of hydrogen-bond acceptors (Lipinski definition) is 4. The molecule has 0 aliphatic carbocycles. The number of nitrogens with zero attached hydrogens (tertiary/aromatic N) is 4. The molecule has 2 aromatic heterocycles. The Bertz CT molecular complexity index is 2790. The highest BCUT2D eigenvalue weighted by Crippen LogP contribution is 2.54. The largest absolute Gasteiger partial charge is 0.309 e. The molecule has 0 radical (unpaired) electrons. The molecule has 9 aromatic rings. The molecule has 7 aromatic carbocycles. The predicted molar refractivity (Wildman–Crippen MR) is 217 cm³/mol. The first-order valence-corrected chi connectivity index (χ1v) is 19.4. The van der Waals surface area contributed by atoms with Crippen LogP contribution in [0.15, 0.2) is 188 Å². The lowest BCUT2D eigenvalue weighted by atomic mass is 9.98. The SMILES string of the molecule is O=P1(c2ccccc2)c2ccccc2-c2c(n(-c3ccc(-c4nc(-c5ccccc5)nc(-c5ccccc5)n4)cc3)c3ccccc23)-c2ccccc21. The second-order valence-corrected chi connectivity index (χ2v) is 15.8. The average Bonchev–Trinajstić information content (AvgIpc) is 3.55. The molecule has 10 rings (SSSR count). The van der Waals surface area contributed by atoms with Crippen LogP contribution in [0, 0.1) is 0 Å². The van der Waals surface area contributed by atoms with Gasteiger partial charge < -0.3 is 9.13 Å². The third-order valence-corrected chi connectivity index (χ3v) is 13.3. The van der Waals surface area contributed by atoms with E-state index in [1.807, 2.05) is 103 Å². The Balaban J connectivity index is 1.20. The lowest BCUT2D eigenvalue weighted by Gasteiger charge is -2.22. The lowest BCUT2D eigenvalue weighted by Crippen LogP contribution is -2.26. The van der Waals surface area contributed by atoms with Crippen LogP contribution in [0.4, 0.5) is 0 Å². The molecule has 0 saturated carbocycles. The van der Waals surface area contributed by atoms with E-state index >= 15 is 4.57 Å². The summed E-state index contributed by atoms with van der Waals surface area (Å²) < 4.78 is 18.2. The molecular weight excluding hydrogens is 668 g/mol. The van der Waals surface area contributed by atoms with Crippen LogP contribution in [-0.4, -0.2) is 19.5 Å². The van der Waals surface area contributed by atoms with E-state index in [1.165, 1.54) is 0 Å². The van der Waals surface area contributed by atoms with Gasteiger partial charge >= 0.3 is 0 Å². The summed E-state index contributed by atoms with van der Waals surface area (Å²) in [6.45, 7) is 0. The minimum absolute atomic E-state index is 0.600. The molecule has 1 unspecified atom stereocenters. The quantitative estimate of drug-likeness (QED) is 0.168. The predicted octanol–water partition coefficient (Wildman–Crippen LogP) is 10.1. The summed E-state index contributed by atoms with van der Waals surface area (Å²) in [6, 6.07) is 63.4. The summed E-state index contributed by atoms with van der Waals surface area (Å²) in [4.78, 5) is 14.8. The fourth-order valence-corrected chi connectivity index (χ4v) is 10.7. The van der Waals surface area contributed by atoms with Crippen molar-refractivity contribution in [2.24, 2.45) is 0 Å². The third-order valence-electron chi connectivity index (χ3n) is 10.1. The van der Waals surface area contributed by atoms with Crippen molar-refractivity contribution >= 4 is 34.0 Å². The van der Waals surface area contributed by atoms with Crippen LogP contribution < -0.4 is 15.9 Å². The second-order valence-electron chi connectivity index (χ2n) is 13.1. The maximum Gasteiger partial charge on any atom is 0.172 e. The van der Waals surface area contributed by atoms with E-state index in [9.17, 15) is 0 Å². The summed E-state index contributed by atoms with van der Waals surface area (Å²) in [5.41, 5.74) is 8.85. The fraction of sp³-hybridized carbons (Fsp3) is 0. The lowest BCUT2D eigenvalue weighted by molar-refractivity contribution is 0.592. The van der Waals surface area contributed by atoms with E-state index in [1.54, 1.807) is 0 Å². The van der Waals surface area contributed by atoms with Gasteiger partial charge in [-0.3, -0.25) is 0 Å². The van der Waals surface area contributed by atoms with Gasteiger partial charge in [-0.25, -0.2) is 15.0 Å². The van der Waals surface area contributed by atoms with Crippen molar-refractivity contribution in [1.29, 1.82) is 0 Å². The van der Waals surface area contributed by atoms with Crippen molar-refractivity contribution in [3.05, 3.63) is 188 Å². The first-order chi connectivity index (χ1) is 26.2. The molecule has 0 spiro atoms. The fourth-order valence-electron chi connectivity index (χ4n) is 7.69. The normalized spacial score (nSPS) is 14.6. The van der Waals surface area contributed by atoms with Crippen LogP contribution in [-0.2, 0) is 4.57 Å². The molecule has 3 heterocycles. The van der Waals surface area contributed by atoms with Gasteiger partial charge in [0.2, 0.25) is 0 Å². The molecule has 1 aliphatic rings. The van der Waals surface area contributed by atoms with Crippen molar-refractivity contribution in [1.82, 2.24) is 19.5 Å². The molecule has 0 bridgehead atoms. The van der Waals surface area contributed by atoms with Crippen molar-refractivity contribution in [3.63, 3.8) is 0 Å². The van der Waals surface area contributed by atoms with Gasteiger partial charge in [0.1, 0.15) is 0 Å². The average molecular weight is 699 g/mol. The number of aromatic nitrogens is 4. The zero-order valence-corrected chi connectivity index (χ0v) is 29.4. The molecule has 0 N–H and O–H groups in total. The summed E-state index contributed by atoms with van der Waals surface area (Å²) in [5, 5.41) is 3.62. The highest BCUT2D eigenvalue weighted by atomic mass is 31.2. The van der Waals surface area contributed by atoms with Crippen LogP contribution in [0.5, 0.6) is 0 Å². The van der Waals surface area contributed by atoms with Crippen molar-refractivity contribution in [2.75, 3.05) is 0 Å². The smallest absolute Gasteiger partial charge is 0.172 e. The summed E-state index contributed by atoms with van der Waals surface area (Å²) in [6.07, 6.45) is 0. The molecule has 250 valence electrons. The Hall–Kier alpha value is -6.68. The first-order valence-electron chi connectivity index (χ1n) is 17.7. The number of fused-ring (bicyclic) bond motifs is 7. The van der Waals surface area contributed by atoms with E-state index < -0.39 is 7.14 Å². The van der Waals surface area contributed by atoms with Crippen LogP contribution >= 0.6 is 7.14 Å². The van der Waals surface area contributed by atoms with Gasteiger partial charge in [-0.2, -0.15) is 0 Å². The molecule has 1 aliphatic heterocycles. The van der Waals surface area contributed by atoms with Crippen molar-refractivity contribution in [2.45, 2.75) is 0 Å². The van der Waals surface area contributed by atoms with E-state index in [2.05, 4.69) is 89.5 Å². The zero-order valence-electron chi connectivity index (χ0n) is 28.5. The highest BCUT2D eigenvalue weighted by Gasteiger charge is 2.39. The van der Waals surface area contributed by atoms with Gasteiger partial charge in [0.15, 0.2) is 24.6 Å². The van der Waals surface area contributed by atoms with Crippen LogP contribution in [0.3, 0.4) is 0 Å². The summed E-state index contributed by atoms with van der Waals surface area (Å²) in [5.74, 6) is 1.85. The topological polar surface area (TPSA) is 60.7 Å². The molecule has 5 nitrogen and oxygen atoms in total. The Morgan fingerprint density at radius 2 is 0.868 bits per heavy atom. The van der Waals surface area contributed by atoms with Gasteiger partial charge in [0.25, 0.3) is 0 Å². The van der Waals surface area contributed by atoms with Gasteiger partial charge in [-0.15, -0.1) is 0 Å². The number of para-hydroxylation sites is 1. The minimum Gasteiger partial charge on any atom is -0.309 e. The van der Waals surface area contributed by atoms with Crippen molar-refractivity contribution < 1.29 is 4.57 Å². The molecule has 1 atom stereocenters. The van der Waals surface area contributed by atoms with E-state index in [4.69, 9.17) is 15.0 Å². The molecule has 0 amide bonds. The van der Waals surface area contributed by atoms with Crippen molar-refractivity contribution in [3.8, 4) is 62.2 Å². The Kier molecular flexibility index (Phi) is 7.34. The summed E-state index contributed by atoms with van der Waals surface area (Å²) in [7, 11) is -3.27. The van der Waals surface area contributed by atoms with Crippen LogP contribution in [0.2, 0.25) is 0 Å². The molecule has 53 heavy (non-hydrogen) atoms. The maximum atomic E-state index is 15.9. The first kappa shape index (κ1) is 31.1. The van der Waals surface area contributed by atoms with E-state index in [0.29, 0.717) is 17.5 Å². The van der Waals surface area contributed by atoms with Crippen LogP contribution in [0.25, 0.3) is 73.1 Å². The summed E-state index contributed by atoms with van der Waals surface area (Å²) >= 11 is 0.